The summed E-state index contributed by atoms with van der Waals surface area (Å²) in [6.07, 6.45) is 5.40. The monoisotopic (exact) mass is 443 g/mol. The van der Waals surface area contributed by atoms with Crippen molar-refractivity contribution in [2.45, 2.75) is 12.0 Å². The van der Waals surface area contributed by atoms with Gasteiger partial charge in [0.25, 0.3) is 0 Å². The zero-order valence-corrected chi connectivity index (χ0v) is 18.0. The minimum atomic E-state index is -0.141. The van der Waals surface area contributed by atoms with E-state index in [0.29, 0.717) is 10.6 Å². The van der Waals surface area contributed by atoms with Crippen LogP contribution in [0.2, 0.25) is 5.02 Å². The third-order valence-electron chi connectivity index (χ3n) is 5.36. The minimum Gasteiger partial charge on any atom is -0.381 e. The molecule has 0 fully saturated rings. The molecule has 0 saturated carbocycles. The van der Waals surface area contributed by atoms with E-state index in [9.17, 15) is 4.79 Å². The van der Waals surface area contributed by atoms with Crippen LogP contribution in [0.5, 0.6) is 0 Å². The summed E-state index contributed by atoms with van der Waals surface area (Å²) >= 11 is 7.60. The van der Waals surface area contributed by atoms with Gasteiger partial charge in [-0.25, -0.2) is 4.98 Å². The smallest absolute Gasteiger partial charge is 0.191 e. The van der Waals surface area contributed by atoms with Gasteiger partial charge in [-0.3, -0.25) is 9.78 Å². The van der Waals surface area contributed by atoms with Gasteiger partial charge in [-0.1, -0.05) is 41.9 Å². The maximum absolute atomic E-state index is 13.4. The molecule has 0 aliphatic carbocycles. The van der Waals surface area contributed by atoms with Crippen molar-refractivity contribution in [3.63, 3.8) is 0 Å². The Morgan fingerprint density at radius 1 is 1.00 bits per heavy atom. The molecule has 0 radical (unpaired) electrons. The maximum Gasteiger partial charge on any atom is 0.191 e. The van der Waals surface area contributed by atoms with E-state index in [1.54, 1.807) is 41.8 Å². The summed E-state index contributed by atoms with van der Waals surface area (Å²) in [7, 11) is 0. The Hall–Kier alpha value is -3.28. The van der Waals surface area contributed by atoms with E-state index in [1.165, 1.54) is 0 Å². The number of pyridine rings is 1. The van der Waals surface area contributed by atoms with Gasteiger partial charge in [0.05, 0.1) is 11.7 Å². The molecule has 1 aliphatic heterocycles. The number of nitrogens with zero attached hydrogens (tertiary/aromatic N) is 2. The number of carbonyl (C=O) groups excluding carboxylic acids is 1. The number of nitrogens with one attached hydrogen (secondary N) is 1. The van der Waals surface area contributed by atoms with Crippen molar-refractivity contribution in [3.8, 4) is 11.3 Å². The first-order valence-electron chi connectivity index (χ1n) is 9.88. The predicted octanol–water partition coefficient (Wildman–Crippen LogP) is 6.05. The number of thiazole rings is 1. The maximum atomic E-state index is 13.4. The minimum absolute atomic E-state index is 0.00967. The largest absolute Gasteiger partial charge is 0.381 e. The number of carbonyl (C=O) groups is 1. The standard InChI is InChI=1S/C25H18ClN3OS/c26-19-10-8-17(9-11-19)24(30)20-14-28-23(22(20)16-5-2-1-3-6-16)25-29-21(15-31-25)18-7-4-12-27-13-18/h1-15,22-23,28H/t22-,23+/m1/s1. The zero-order chi connectivity index (χ0) is 21.2. The molecule has 31 heavy (non-hydrogen) atoms. The molecule has 2 aromatic heterocycles. The van der Waals surface area contributed by atoms with Gasteiger partial charge in [0, 0.05) is 51.6 Å². The summed E-state index contributed by atoms with van der Waals surface area (Å²) in [6.45, 7) is 0. The highest BCUT2D eigenvalue weighted by atomic mass is 35.5. The number of hydrogen-bond acceptors (Lipinski definition) is 5. The Kier molecular flexibility index (Phi) is 5.37. The van der Waals surface area contributed by atoms with E-state index >= 15 is 0 Å². The lowest BCUT2D eigenvalue weighted by atomic mass is 9.84. The van der Waals surface area contributed by atoms with Gasteiger partial charge in [0.15, 0.2) is 5.78 Å². The summed E-state index contributed by atoms with van der Waals surface area (Å²) in [4.78, 5) is 22.4. The van der Waals surface area contributed by atoms with Crippen LogP contribution in [0, 0.1) is 0 Å². The highest BCUT2D eigenvalue weighted by Crippen LogP contribution is 2.43. The van der Waals surface area contributed by atoms with Crippen molar-refractivity contribution in [2.24, 2.45) is 0 Å². The van der Waals surface area contributed by atoms with E-state index in [4.69, 9.17) is 16.6 Å². The number of halogens is 1. The van der Waals surface area contributed by atoms with Gasteiger partial charge >= 0.3 is 0 Å². The average Bonchev–Trinajstić information content (AvgIpc) is 3.48. The Balaban J connectivity index is 1.51. The molecule has 0 amide bonds. The first-order valence-corrected chi connectivity index (χ1v) is 11.1. The van der Waals surface area contributed by atoms with Crippen molar-refractivity contribution in [1.82, 2.24) is 15.3 Å². The van der Waals surface area contributed by atoms with Gasteiger partial charge in [-0.05, 0) is 42.0 Å². The molecule has 4 aromatic rings. The fourth-order valence-electron chi connectivity index (χ4n) is 3.84. The molecule has 5 rings (SSSR count). The SMILES string of the molecule is O=C(C1=CN[C@H](c2nc(-c3cccnc3)cs2)[C@@H]1c1ccccc1)c1ccc(Cl)cc1. The third kappa shape index (κ3) is 3.90. The molecule has 3 heterocycles. The van der Waals surface area contributed by atoms with E-state index in [-0.39, 0.29) is 17.7 Å². The molecule has 152 valence electrons. The molecular weight excluding hydrogens is 426 g/mol. The van der Waals surface area contributed by atoms with Crippen LogP contribution in [-0.4, -0.2) is 15.8 Å². The van der Waals surface area contributed by atoms with Crippen LogP contribution in [0.15, 0.2) is 96.3 Å². The van der Waals surface area contributed by atoms with Crippen molar-refractivity contribution in [1.29, 1.82) is 0 Å². The van der Waals surface area contributed by atoms with Crippen LogP contribution in [0.3, 0.4) is 0 Å². The number of rotatable bonds is 5. The summed E-state index contributed by atoms with van der Waals surface area (Å²) in [5.74, 6) is -0.151. The Morgan fingerprint density at radius 3 is 2.55 bits per heavy atom. The van der Waals surface area contributed by atoms with Crippen LogP contribution < -0.4 is 5.32 Å². The molecule has 0 saturated heterocycles. The van der Waals surface area contributed by atoms with Gasteiger partial charge in [-0.15, -0.1) is 11.3 Å². The number of hydrogen-bond donors (Lipinski definition) is 1. The topological polar surface area (TPSA) is 54.9 Å². The van der Waals surface area contributed by atoms with Crippen molar-refractivity contribution in [3.05, 3.63) is 117 Å². The van der Waals surface area contributed by atoms with E-state index < -0.39 is 0 Å². The second kappa shape index (κ2) is 8.46. The molecule has 1 N–H and O–H groups in total. The molecule has 2 aromatic carbocycles. The molecule has 0 unspecified atom stereocenters. The van der Waals surface area contributed by atoms with Crippen LogP contribution >= 0.6 is 22.9 Å². The van der Waals surface area contributed by atoms with Crippen LogP contribution in [0.4, 0.5) is 0 Å². The van der Waals surface area contributed by atoms with Crippen molar-refractivity contribution in [2.75, 3.05) is 0 Å². The van der Waals surface area contributed by atoms with Gasteiger partial charge < -0.3 is 5.32 Å². The molecular formula is C25H18ClN3OS. The lowest BCUT2D eigenvalue weighted by Crippen LogP contribution is -2.19. The molecule has 4 nitrogen and oxygen atoms in total. The number of Topliss-reactive ketones (excluding diaryl/α,β-unsaturated/α-hetero) is 1. The van der Waals surface area contributed by atoms with Crippen molar-refractivity contribution < 1.29 is 4.79 Å². The number of ketones is 1. The first-order chi connectivity index (χ1) is 15.2. The van der Waals surface area contributed by atoms with Gasteiger partial charge in [0.2, 0.25) is 0 Å². The number of benzene rings is 2. The van der Waals surface area contributed by atoms with Crippen LogP contribution in [0.1, 0.15) is 32.9 Å². The summed E-state index contributed by atoms with van der Waals surface area (Å²) < 4.78 is 0. The van der Waals surface area contributed by atoms with E-state index in [2.05, 4.69) is 22.4 Å². The Morgan fingerprint density at radius 2 is 1.81 bits per heavy atom. The van der Waals surface area contributed by atoms with Crippen LogP contribution in [0.25, 0.3) is 11.3 Å². The van der Waals surface area contributed by atoms with E-state index in [0.717, 1.165) is 27.4 Å². The fourth-order valence-corrected chi connectivity index (χ4v) is 4.89. The zero-order valence-electron chi connectivity index (χ0n) is 16.4. The van der Waals surface area contributed by atoms with Gasteiger partial charge in [-0.2, -0.15) is 0 Å². The quantitative estimate of drug-likeness (QED) is 0.381. The molecule has 6 heteroatoms. The van der Waals surface area contributed by atoms with Gasteiger partial charge in [0.1, 0.15) is 5.01 Å². The lowest BCUT2D eigenvalue weighted by Gasteiger charge is -2.21. The predicted molar refractivity (Wildman–Crippen MR) is 124 cm³/mol. The second-order valence-electron chi connectivity index (χ2n) is 7.28. The first kappa shape index (κ1) is 19.7. The number of aromatic nitrogens is 2. The summed E-state index contributed by atoms with van der Waals surface area (Å²) in [5, 5.41) is 7.00. The highest BCUT2D eigenvalue weighted by molar-refractivity contribution is 7.10. The molecule has 1 aliphatic rings. The van der Waals surface area contributed by atoms with E-state index in [1.807, 2.05) is 48.1 Å². The highest BCUT2D eigenvalue weighted by Gasteiger charge is 2.37. The molecule has 2 atom stereocenters. The fraction of sp³-hybridized carbons (Fsp3) is 0.0800. The molecule has 0 spiro atoms. The Bertz CT molecular complexity index is 1240. The lowest BCUT2D eigenvalue weighted by molar-refractivity contribution is 0.102. The normalized spacial score (nSPS) is 17.8. The van der Waals surface area contributed by atoms with Crippen LogP contribution in [-0.2, 0) is 0 Å². The Labute approximate surface area is 189 Å². The molecule has 0 bridgehead atoms. The second-order valence-corrected chi connectivity index (χ2v) is 8.61. The van der Waals surface area contributed by atoms with Crippen molar-refractivity contribution >= 4 is 28.7 Å². The third-order valence-corrected chi connectivity index (χ3v) is 6.54. The average molecular weight is 444 g/mol. The summed E-state index contributed by atoms with van der Waals surface area (Å²) in [5.41, 5.74) is 4.28. The summed E-state index contributed by atoms with van der Waals surface area (Å²) in [6, 6.07) is 20.9.